The van der Waals surface area contributed by atoms with Crippen LogP contribution in [-0.2, 0) is 9.59 Å². The van der Waals surface area contributed by atoms with Gasteiger partial charge in [-0.2, -0.15) is 0 Å². The van der Waals surface area contributed by atoms with Crippen molar-refractivity contribution in [2.24, 2.45) is 5.92 Å². The second-order valence-corrected chi connectivity index (χ2v) is 8.06. The molecule has 2 amide bonds. The van der Waals surface area contributed by atoms with E-state index < -0.39 is 0 Å². The molecule has 2 aliphatic heterocycles. The quantitative estimate of drug-likeness (QED) is 0.727. The van der Waals surface area contributed by atoms with Crippen LogP contribution in [0.15, 0.2) is 53.0 Å². The van der Waals surface area contributed by atoms with E-state index in [-0.39, 0.29) is 30.0 Å². The summed E-state index contributed by atoms with van der Waals surface area (Å²) in [5.74, 6) is -0.572. The van der Waals surface area contributed by atoms with Crippen molar-refractivity contribution < 1.29 is 14.0 Å². The average Bonchev–Trinajstić information content (AvgIpc) is 3.10. The Morgan fingerprint density at radius 3 is 2.36 bits per heavy atom. The standard InChI is InChI=1S/C21H21BrFN3O2/c22-16-5-7-17(8-6-16)26-14-15(13-20(26)27)21(28)25-11-9-24(10-12-25)19-4-2-1-3-18(19)23/h1-8,15H,9-14H2/t15-/m0/s1. The van der Waals surface area contributed by atoms with Crippen molar-refractivity contribution in [3.63, 3.8) is 0 Å². The van der Waals surface area contributed by atoms with Crippen LogP contribution in [0.1, 0.15) is 6.42 Å². The summed E-state index contributed by atoms with van der Waals surface area (Å²) < 4.78 is 14.9. The Labute approximate surface area is 171 Å². The first-order chi connectivity index (χ1) is 13.5. The fourth-order valence-corrected chi connectivity index (χ4v) is 4.14. The maximum Gasteiger partial charge on any atom is 0.228 e. The van der Waals surface area contributed by atoms with Crippen LogP contribution in [0.4, 0.5) is 15.8 Å². The summed E-state index contributed by atoms with van der Waals surface area (Å²) >= 11 is 3.39. The van der Waals surface area contributed by atoms with Crippen LogP contribution < -0.4 is 9.80 Å². The molecular formula is C21H21BrFN3O2. The molecule has 1 atom stereocenters. The van der Waals surface area contributed by atoms with Gasteiger partial charge in [-0.3, -0.25) is 9.59 Å². The van der Waals surface area contributed by atoms with Gasteiger partial charge in [0.25, 0.3) is 0 Å². The van der Waals surface area contributed by atoms with E-state index in [1.165, 1.54) is 6.07 Å². The van der Waals surface area contributed by atoms with E-state index >= 15 is 0 Å². The smallest absolute Gasteiger partial charge is 0.228 e. The summed E-state index contributed by atoms with van der Waals surface area (Å²) in [4.78, 5) is 30.8. The van der Waals surface area contributed by atoms with E-state index in [1.807, 2.05) is 35.2 Å². The molecule has 0 aromatic heterocycles. The zero-order valence-electron chi connectivity index (χ0n) is 15.4. The number of piperazine rings is 1. The third kappa shape index (κ3) is 3.76. The zero-order chi connectivity index (χ0) is 19.7. The van der Waals surface area contributed by atoms with Gasteiger partial charge in [0.05, 0.1) is 11.6 Å². The van der Waals surface area contributed by atoms with Crippen molar-refractivity contribution in [1.29, 1.82) is 0 Å². The number of para-hydroxylation sites is 1. The van der Waals surface area contributed by atoms with Gasteiger partial charge in [-0.25, -0.2) is 4.39 Å². The number of anilines is 2. The highest BCUT2D eigenvalue weighted by Crippen LogP contribution is 2.28. The summed E-state index contributed by atoms with van der Waals surface area (Å²) in [6.07, 6.45) is 0.239. The van der Waals surface area contributed by atoms with E-state index in [0.717, 1.165) is 10.2 Å². The summed E-state index contributed by atoms with van der Waals surface area (Å²) in [5.41, 5.74) is 1.39. The van der Waals surface area contributed by atoms with Crippen LogP contribution in [0.5, 0.6) is 0 Å². The lowest BCUT2D eigenvalue weighted by molar-refractivity contribution is -0.136. The minimum Gasteiger partial charge on any atom is -0.366 e. The summed E-state index contributed by atoms with van der Waals surface area (Å²) in [6, 6.07) is 14.2. The summed E-state index contributed by atoms with van der Waals surface area (Å²) in [6.45, 7) is 2.66. The van der Waals surface area contributed by atoms with E-state index in [2.05, 4.69) is 15.9 Å². The fraction of sp³-hybridized carbons (Fsp3) is 0.333. The Morgan fingerprint density at radius 1 is 1.00 bits per heavy atom. The molecule has 0 aliphatic carbocycles. The molecular weight excluding hydrogens is 425 g/mol. The fourth-order valence-electron chi connectivity index (χ4n) is 3.88. The molecule has 7 heteroatoms. The number of rotatable bonds is 3. The van der Waals surface area contributed by atoms with Gasteiger partial charge >= 0.3 is 0 Å². The van der Waals surface area contributed by atoms with E-state index in [0.29, 0.717) is 38.4 Å². The molecule has 0 saturated carbocycles. The van der Waals surface area contributed by atoms with Crippen LogP contribution >= 0.6 is 15.9 Å². The Morgan fingerprint density at radius 2 is 1.68 bits per heavy atom. The van der Waals surface area contributed by atoms with Crippen LogP contribution in [0.25, 0.3) is 0 Å². The predicted molar refractivity (Wildman–Crippen MR) is 110 cm³/mol. The maximum absolute atomic E-state index is 14.0. The lowest BCUT2D eigenvalue weighted by Crippen LogP contribution is -2.51. The van der Waals surface area contributed by atoms with Crippen LogP contribution in [-0.4, -0.2) is 49.4 Å². The lowest BCUT2D eigenvalue weighted by Gasteiger charge is -2.37. The summed E-state index contributed by atoms with van der Waals surface area (Å²) in [7, 11) is 0. The van der Waals surface area contributed by atoms with Crippen molar-refractivity contribution in [1.82, 2.24) is 4.90 Å². The molecule has 4 rings (SSSR count). The van der Waals surface area contributed by atoms with Gasteiger partial charge in [0, 0.05) is 49.3 Å². The van der Waals surface area contributed by atoms with Gasteiger partial charge in [-0.05, 0) is 36.4 Å². The number of hydrogen-bond acceptors (Lipinski definition) is 3. The number of amides is 2. The molecule has 2 aromatic carbocycles. The second-order valence-electron chi connectivity index (χ2n) is 7.15. The number of carbonyl (C=O) groups excluding carboxylic acids is 2. The molecule has 28 heavy (non-hydrogen) atoms. The highest BCUT2D eigenvalue weighted by Gasteiger charge is 2.38. The molecule has 2 fully saturated rings. The molecule has 0 radical (unpaired) electrons. The summed E-state index contributed by atoms with van der Waals surface area (Å²) in [5, 5.41) is 0. The lowest BCUT2D eigenvalue weighted by atomic mass is 10.1. The van der Waals surface area contributed by atoms with Gasteiger partial charge < -0.3 is 14.7 Å². The number of nitrogens with zero attached hydrogens (tertiary/aromatic N) is 3. The molecule has 2 saturated heterocycles. The number of hydrogen-bond donors (Lipinski definition) is 0. The van der Waals surface area contributed by atoms with Crippen LogP contribution in [0.3, 0.4) is 0 Å². The van der Waals surface area contributed by atoms with Crippen molar-refractivity contribution >= 4 is 39.1 Å². The van der Waals surface area contributed by atoms with Gasteiger partial charge in [0.1, 0.15) is 5.82 Å². The minimum atomic E-state index is -0.323. The third-order valence-corrected chi connectivity index (χ3v) is 5.93. The van der Waals surface area contributed by atoms with Gasteiger partial charge in [0.15, 0.2) is 0 Å². The zero-order valence-corrected chi connectivity index (χ0v) is 16.9. The largest absolute Gasteiger partial charge is 0.366 e. The average molecular weight is 446 g/mol. The van der Waals surface area contributed by atoms with Crippen LogP contribution in [0, 0.1) is 11.7 Å². The highest BCUT2D eigenvalue weighted by molar-refractivity contribution is 9.10. The first-order valence-corrected chi connectivity index (χ1v) is 10.2. The first kappa shape index (κ1) is 18.9. The first-order valence-electron chi connectivity index (χ1n) is 9.37. The second kappa shape index (κ2) is 7.91. The number of carbonyl (C=O) groups is 2. The number of halogens is 2. The molecule has 5 nitrogen and oxygen atoms in total. The minimum absolute atomic E-state index is 0.0149. The van der Waals surface area contributed by atoms with Crippen LogP contribution in [0.2, 0.25) is 0 Å². The highest BCUT2D eigenvalue weighted by atomic mass is 79.9. The SMILES string of the molecule is O=C([C@H]1CC(=O)N(c2ccc(Br)cc2)C1)N1CCN(c2ccccc2F)CC1. The monoisotopic (exact) mass is 445 g/mol. The van der Waals surface area contributed by atoms with E-state index in [9.17, 15) is 14.0 Å². The number of benzene rings is 2. The molecule has 2 aliphatic rings. The molecule has 0 N–H and O–H groups in total. The van der Waals surface area contributed by atoms with Gasteiger partial charge in [-0.15, -0.1) is 0 Å². The van der Waals surface area contributed by atoms with Crippen molar-refractivity contribution in [2.45, 2.75) is 6.42 Å². The maximum atomic E-state index is 14.0. The van der Waals surface area contributed by atoms with E-state index in [1.54, 1.807) is 21.9 Å². The van der Waals surface area contributed by atoms with Crippen molar-refractivity contribution in [2.75, 3.05) is 42.5 Å². The molecule has 0 spiro atoms. The third-order valence-electron chi connectivity index (χ3n) is 5.40. The Kier molecular flexibility index (Phi) is 5.35. The Balaban J connectivity index is 1.37. The normalized spacial score (nSPS) is 20.0. The van der Waals surface area contributed by atoms with Gasteiger partial charge in [-0.1, -0.05) is 28.1 Å². The van der Waals surface area contributed by atoms with Crippen molar-refractivity contribution in [3.8, 4) is 0 Å². The molecule has 2 heterocycles. The predicted octanol–water partition coefficient (Wildman–Crippen LogP) is 3.29. The molecule has 146 valence electrons. The van der Waals surface area contributed by atoms with Gasteiger partial charge in [0.2, 0.25) is 11.8 Å². The Hall–Kier alpha value is -2.41. The van der Waals surface area contributed by atoms with E-state index in [4.69, 9.17) is 0 Å². The molecule has 0 bridgehead atoms. The molecule has 0 unspecified atom stereocenters. The Bertz CT molecular complexity index is 881. The molecule has 2 aromatic rings. The topological polar surface area (TPSA) is 43.9 Å². The van der Waals surface area contributed by atoms with Crippen molar-refractivity contribution in [3.05, 3.63) is 58.8 Å².